The molecule has 0 amide bonds. The van der Waals surface area contributed by atoms with E-state index >= 15 is 0 Å². The topological polar surface area (TPSA) is 35.5 Å². The molecule has 17 heavy (non-hydrogen) atoms. The summed E-state index contributed by atoms with van der Waals surface area (Å²) in [5.74, 6) is 2.07. The molecule has 5 unspecified atom stereocenters. The summed E-state index contributed by atoms with van der Waals surface area (Å²) in [6.07, 6.45) is 8.68. The number of fused-ring (bicyclic) bond motifs is 1. The molecule has 0 radical (unpaired) electrons. The summed E-state index contributed by atoms with van der Waals surface area (Å²) in [7, 11) is 1.46. The summed E-state index contributed by atoms with van der Waals surface area (Å²) in [6.45, 7) is 0.916. The van der Waals surface area contributed by atoms with E-state index in [0.717, 1.165) is 18.9 Å². The molecule has 0 aromatic rings. The molecule has 5 atom stereocenters. The molecule has 0 N–H and O–H groups in total. The largest absolute Gasteiger partial charge is 0.469 e. The molecule has 92 valence electrons. The van der Waals surface area contributed by atoms with Crippen molar-refractivity contribution >= 4 is 5.97 Å². The van der Waals surface area contributed by atoms with Gasteiger partial charge in [0.05, 0.1) is 12.7 Å². The van der Waals surface area contributed by atoms with Crippen LogP contribution in [-0.4, -0.2) is 25.3 Å². The van der Waals surface area contributed by atoms with Gasteiger partial charge in [-0.3, -0.25) is 4.79 Å². The van der Waals surface area contributed by atoms with Crippen molar-refractivity contribution in [1.82, 2.24) is 0 Å². The molecule has 1 heterocycles. The Balaban J connectivity index is 1.58. The van der Waals surface area contributed by atoms with Crippen LogP contribution in [0.5, 0.6) is 0 Å². The number of carbonyl (C=O) groups is 1. The second-order valence-electron chi connectivity index (χ2n) is 5.98. The quantitative estimate of drug-likeness (QED) is 0.553. The Morgan fingerprint density at radius 1 is 1.59 bits per heavy atom. The maximum atomic E-state index is 11.3. The number of methoxy groups -OCH3 is 1. The molecule has 3 fully saturated rings. The first-order valence-corrected chi connectivity index (χ1v) is 6.65. The van der Waals surface area contributed by atoms with Gasteiger partial charge in [0.2, 0.25) is 0 Å². The maximum absolute atomic E-state index is 11.3. The van der Waals surface area contributed by atoms with Crippen LogP contribution in [0.15, 0.2) is 12.2 Å². The average molecular weight is 234 g/mol. The van der Waals surface area contributed by atoms with E-state index in [9.17, 15) is 4.79 Å². The van der Waals surface area contributed by atoms with Gasteiger partial charge in [-0.25, -0.2) is 0 Å². The Hall–Kier alpha value is -0.830. The maximum Gasteiger partial charge on any atom is 0.305 e. The van der Waals surface area contributed by atoms with Crippen LogP contribution in [-0.2, 0) is 14.3 Å². The highest BCUT2D eigenvalue weighted by Crippen LogP contribution is 2.82. The molecular formula is C14H18O3. The van der Waals surface area contributed by atoms with Crippen molar-refractivity contribution in [3.8, 4) is 0 Å². The third-order valence-corrected chi connectivity index (χ3v) is 5.73. The van der Waals surface area contributed by atoms with Crippen LogP contribution in [0.4, 0.5) is 0 Å². The Labute approximate surface area is 101 Å². The van der Waals surface area contributed by atoms with Gasteiger partial charge >= 0.3 is 5.97 Å². The van der Waals surface area contributed by atoms with Crippen LogP contribution >= 0.6 is 0 Å². The smallest absolute Gasteiger partial charge is 0.305 e. The predicted octanol–water partition coefficient (Wildman–Crippen LogP) is 1.92. The summed E-state index contributed by atoms with van der Waals surface area (Å²) >= 11 is 0. The van der Waals surface area contributed by atoms with Crippen molar-refractivity contribution in [3.05, 3.63) is 12.2 Å². The standard InChI is InChI=1S/C14H18O3/c1-16-12(15)3-6-13-5-2-10-9-4-7-17-14(10,13)11(13)8-9/h2,5,9-11H,3-4,6-8H2,1H3. The van der Waals surface area contributed by atoms with Crippen molar-refractivity contribution in [3.63, 3.8) is 0 Å². The lowest BCUT2D eigenvalue weighted by molar-refractivity contribution is -0.141. The third-order valence-electron chi connectivity index (χ3n) is 5.73. The Kier molecular flexibility index (Phi) is 1.75. The van der Waals surface area contributed by atoms with Gasteiger partial charge < -0.3 is 9.47 Å². The van der Waals surface area contributed by atoms with E-state index in [1.54, 1.807) is 0 Å². The lowest BCUT2D eigenvalue weighted by Gasteiger charge is -2.33. The lowest BCUT2D eigenvalue weighted by Crippen LogP contribution is -2.35. The second kappa shape index (κ2) is 2.94. The summed E-state index contributed by atoms with van der Waals surface area (Å²) in [4.78, 5) is 11.3. The molecule has 0 aromatic heterocycles. The molecule has 2 saturated carbocycles. The number of hydrogen-bond donors (Lipinski definition) is 0. The van der Waals surface area contributed by atoms with E-state index in [4.69, 9.17) is 9.47 Å². The van der Waals surface area contributed by atoms with Gasteiger partial charge in [0.25, 0.3) is 0 Å². The second-order valence-corrected chi connectivity index (χ2v) is 5.98. The predicted molar refractivity (Wildman–Crippen MR) is 61.2 cm³/mol. The van der Waals surface area contributed by atoms with Gasteiger partial charge in [-0.05, 0) is 25.2 Å². The average Bonchev–Trinajstić information content (AvgIpc) is 2.68. The van der Waals surface area contributed by atoms with Crippen LogP contribution in [0.1, 0.15) is 25.7 Å². The number of ether oxygens (including phenoxy) is 2. The normalized spacial score (nSPS) is 52.4. The molecule has 4 rings (SSSR count). The number of hydrogen-bond acceptors (Lipinski definition) is 3. The van der Waals surface area contributed by atoms with Crippen molar-refractivity contribution < 1.29 is 14.3 Å². The van der Waals surface area contributed by atoms with Gasteiger partial charge in [-0.15, -0.1) is 0 Å². The van der Waals surface area contributed by atoms with Crippen LogP contribution in [0.25, 0.3) is 0 Å². The molecule has 1 aliphatic heterocycles. The zero-order valence-electron chi connectivity index (χ0n) is 10.1. The van der Waals surface area contributed by atoms with E-state index in [2.05, 4.69) is 12.2 Å². The van der Waals surface area contributed by atoms with Crippen LogP contribution < -0.4 is 0 Å². The summed E-state index contributed by atoms with van der Waals surface area (Å²) in [5, 5.41) is 0. The zero-order valence-corrected chi connectivity index (χ0v) is 10.1. The monoisotopic (exact) mass is 234 g/mol. The van der Waals surface area contributed by atoms with Crippen LogP contribution in [0, 0.1) is 23.2 Å². The van der Waals surface area contributed by atoms with Crippen molar-refractivity contribution in [2.75, 3.05) is 13.7 Å². The van der Waals surface area contributed by atoms with E-state index in [0.29, 0.717) is 18.3 Å². The fraction of sp³-hybridized carbons (Fsp3) is 0.786. The van der Waals surface area contributed by atoms with E-state index < -0.39 is 0 Å². The van der Waals surface area contributed by atoms with Crippen molar-refractivity contribution in [2.24, 2.45) is 23.2 Å². The lowest BCUT2D eigenvalue weighted by atomic mass is 9.82. The fourth-order valence-electron chi connectivity index (χ4n) is 5.06. The number of rotatable bonds is 3. The first kappa shape index (κ1) is 10.1. The number of esters is 1. The highest BCUT2D eigenvalue weighted by molar-refractivity contribution is 5.69. The SMILES string of the molecule is COC(=O)CCC12C=CC3C4CCOC31C2C4. The number of carbonyl (C=O) groups excluding carboxylic acids is 1. The van der Waals surface area contributed by atoms with Gasteiger partial charge in [0.15, 0.2) is 0 Å². The first-order chi connectivity index (χ1) is 8.24. The first-order valence-electron chi connectivity index (χ1n) is 6.65. The van der Waals surface area contributed by atoms with Gasteiger partial charge in [-0.1, -0.05) is 12.2 Å². The van der Waals surface area contributed by atoms with E-state index in [-0.39, 0.29) is 17.0 Å². The summed E-state index contributed by atoms with van der Waals surface area (Å²) in [6, 6.07) is 0. The third kappa shape index (κ3) is 0.931. The van der Waals surface area contributed by atoms with Gasteiger partial charge in [0, 0.05) is 30.3 Å². The van der Waals surface area contributed by atoms with E-state index in [1.807, 2.05) is 0 Å². The minimum Gasteiger partial charge on any atom is -0.469 e. The molecular weight excluding hydrogens is 216 g/mol. The molecule has 4 aliphatic rings. The van der Waals surface area contributed by atoms with Crippen molar-refractivity contribution in [1.29, 1.82) is 0 Å². The molecule has 1 saturated heterocycles. The highest BCUT2D eigenvalue weighted by Gasteiger charge is 2.85. The molecule has 0 aromatic carbocycles. The molecule has 3 heteroatoms. The zero-order chi connectivity index (χ0) is 11.7. The minimum atomic E-state index is -0.0926. The van der Waals surface area contributed by atoms with Gasteiger partial charge in [0.1, 0.15) is 0 Å². The van der Waals surface area contributed by atoms with Crippen LogP contribution in [0.2, 0.25) is 0 Å². The van der Waals surface area contributed by atoms with E-state index in [1.165, 1.54) is 20.0 Å². The highest BCUT2D eigenvalue weighted by atomic mass is 16.5. The molecule has 3 aliphatic carbocycles. The van der Waals surface area contributed by atoms with Crippen LogP contribution in [0.3, 0.4) is 0 Å². The Morgan fingerprint density at radius 2 is 2.47 bits per heavy atom. The minimum absolute atomic E-state index is 0.0926. The fourth-order valence-corrected chi connectivity index (χ4v) is 5.06. The summed E-state index contributed by atoms with van der Waals surface area (Å²) in [5.41, 5.74) is 0.284. The molecule has 3 nitrogen and oxygen atoms in total. The Bertz CT molecular complexity index is 416. The molecule has 2 bridgehead atoms. The summed E-state index contributed by atoms with van der Waals surface area (Å²) < 4.78 is 10.9. The van der Waals surface area contributed by atoms with Crippen molar-refractivity contribution in [2.45, 2.75) is 31.3 Å². The Morgan fingerprint density at radius 3 is 3.29 bits per heavy atom. The van der Waals surface area contributed by atoms with Gasteiger partial charge in [-0.2, -0.15) is 0 Å². The molecule has 1 spiro atoms.